The Morgan fingerprint density at radius 1 is 1.11 bits per heavy atom. The van der Waals surface area contributed by atoms with Gasteiger partial charge in [0.1, 0.15) is 10.6 Å². The number of rotatable bonds is 6. The van der Waals surface area contributed by atoms with E-state index in [0.717, 1.165) is 36.8 Å². The summed E-state index contributed by atoms with van der Waals surface area (Å²) in [4.78, 5) is 11.1. The molecule has 1 amide bonds. The van der Waals surface area contributed by atoms with Crippen LogP contribution in [0.5, 0.6) is 5.75 Å². The largest absolute Gasteiger partial charge is 0.379 e. The molecule has 1 N–H and O–H groups in total. The molecule has 2 aromatic rings. The van der Waals surface area contributed by atoms with Crippen molar-refractivity contribution in [2.75, 3.05) is 0 Å². The van der Waals surface area contributed by atoms with Crippen molar-refractivity contribution in [2.45, 2.75) is 56.4 Å². The SMILES string of the molecule is CC(=O)NCc1ccc(S(=O)(=O)Oc2ccc(Cl)cc2C2CCCCC2)cc1. The second-order valence-electron chi connectivity index (χ2n) is 7.11. The zero-order valence-corrected chi connectivity index (χ0v) is 17.4. The molecule has 2 aromatic carbocycles. The first-order valence-corrected chi connectivity index (χ1v) is 11.2. The molecule has 0 aliphatic heterocycles. The number of carbonyl (C=O) groups is 1. The van der Waals surface area contributed by atoms with Crippen molar-refractivity contribution in [1.29, 1.82) is 0 Å². The highest BCUT2D eigenvalue weighted by Crippen LogP contribution is 2.39. The first-order valence-electron chi connectivity index (χ1n) is 9.42. The number of benzene rings is 2. The summed E-state index contributed by atoms with van der Waals surface area (Å²) in [5.41, 5.74) is 1.67. The van der Waals surface area contributed by atoms with Gasteiger partial charge in [-0.15, -0.1) is 0 Å². The molecule has 28 heavy (non-hydrogen) atoms. The number of carbonyl (C=O) groups excluding carboxylic acids is 1. The predicted octanol–water partition coefficient (Wildman–Crippen LogP) is 4.79. The van der Waals surface area contributed by atoms with Crippen LogP contribution in [0, 0.1) is 0 Å². The van der Waals surface area contributed by atoms with E-state index in [2.05, 4.69) is 5.32 Å². The van der Waals surface area contributed by atoms with Gasteiger partial charge in [0.05, 0.1) is 0 Å². The van der Waals surface area contributed by atoms with Gasteiger partial charge in [-0.25, -0.2) is 0 Å². The second kappa shape index (κ2) is 8.97. The molecule has 0 radical (unpaired) electrons. The lowest BCUT2D eigenvalue weighted by Crippen LogP contribution is -2.19. The third kappa shape index (κ3) is 5.26. The summed E-state index contributed by atoms with van der Waals surface area (Å²) in [6.07, 6.45) is 5.47. The fourth-order valence-corrected chi connectivity index (χ4v) is 4.63. The van der Waals surface area contributed by atoms with E-state index in [4.69, 9.17) is 15.8 Å². The standard InChI is InChI=1S/C21H24ClNO4S/c1-15(24)23-14-16-7-10-19(11-8-16)28(25,26)27-21-12-9-18(22)13-20(21)17-5-3-2-4-6-17/h7-13,17H,2-6,14H2,1H3,(H,23,24). The number of amides is 1. The first kappa shape index (κ1) is 20.7. The molecule has 1 saturated carbocycles. The van der Waals surface area contributed by atoms with Crippen molar-refractivity contribution in [3.8, 4) is 5.75 Å². The van der Waals surface area contributed by atoms with Gasteiger partial charge in [-0.3, -0.25) is 4.79 Å². The van der Waals surface area contributed by atoms with Crippen LogP contribution < -0.4 is 9.50 Å². The molecule has 0 spiro atoms. The van der Waals surface area contributed by atoms with Gasteiger partial charge in [-0.2, -0.15) is 8.42 Å². The van der Waals surface area contributed by atoms with Crippen molar-refractivity contribution in [3.63, 3.8) is 0 Å². The molecule has 0 bridgehead atoms. The zero-order chi connectivity index (χ0) is 20.1. The average molecular weight is 422 g/mol. The van der Waals surface area contributed by atoms with Crippen LogP contribution in [0.1, 0.15) is 56.1 Å². The van der Waals surface area contributed by atoms with Crippen LogP contribution in [-0.2, 0) is 21.5 Å². The van der Waals surface area contributed by atoms with E-state index in [1.807, 2.05) is 6.07 Å². The zero-order valence-electron chi connectivity index (χ0n) is 15.8. The third-order valence-electron chi connectivity index (χ3n) is 4.97. The predicted molar refractivity (Wildman–Crippen MR) is 109 cm³/mol. The van der Waals surface area contributed by atoms with Crippen molar-refractivity contribution < 1.29 is 17.4 Å². The highest BCUT2D eigenvalue weighted by atomic mass is 35.5. The molecule has 7 heteroatoms. The van der Waals surface area contributed by atoms with Crippen LogP contribution in [0.3, 0.4) is 0 Å². The maximum atomic E-state index is 12.8. The molecule has 1 aliphatic rings. The highest BCUT2D eigenvalue weighted by Gasteiger charge is 2.24. The van der Waals surface area contributed by atoms with Crippen LogP contribution in [0.25, 0.3) is 0 Å². The van der Waals surface area contributed by atoms with Crippen molar-refractivity contribution in [1.82, 2.24) is 5.32 Å². The van der Waals surface area contributed by atoms with Gasteiger partial charge in [0, 0.05) is 24.1 Å². The lowest BCUT2D eigenvalue weighted by molar-refractivity contribution is -0.119. The molecule has 0 atom stereocenters. The molecule has 0 aromatic heterocycles. The number of halogens is 1. The molecule has 0 heterocycles. The summed E-state index contributed by atoms with van der Waals surface area (Å²) in [6.45, 7) is 1.78. The van der Waals surface area contributed by atoms with Crippen molar-refractivity contribution in [2.24, 2.45) is 0 Å². The van der Waals surface area contributed by atoms with Crippen LogP contribution in [0.2, 0.25) is 5.02 Å². The molecule has 1 fully saturated rings. The molecule has 0 unspecified atom stereocenters. The summed E-state index contributed by atoms with van der Waals surface area (Å²) in [6, 6.07) is 11.4. The smallest absolute Gasteiger partial charge is 0.339 e. The van der Waals surface area contributed by atoms with E-state index in [1.54, 1.807) is 24.3 Å². The number of nitrogens with one attached hydrogen (secondary N) is 1. The number of hydrogen-bond acceptors (Lipinski definition) is 4. The van der Waals surface area contributed by atoms with E-state index >= 15 is 0 Å². The van der Waals surface area contributed by atoms with Crippen LogP contribution in [-0.4, -0.2) is 14.3 Å². The van der Waals surface area contributed by atoms with Crippen LogP contribution in [0.4, 0.5) is 0 Å². The first-order chi connectivity index (χ1) is 13.3. The van der Waals surface area contributed by atoms with Crippen molar-refractivity contribution >= 4 is 27.6 Å². The summed E-state index contributed by atoms with van der Waals surface area (Å²) in [5.74, 6) is 0.467. The molecule has 0 saturated heterocycles. The maximum absolute atomic E-state index is 12.8. The average Bonchev–Trinajstić information content (AvgIpc) is 2.68. The summed E-state index contributed by atoms with van der Waals surface area (Å²) < 4.78 is 31.1. The molecule has 3 rings (SSSR count). The summed E-state index contributed by atoms with van der Waals surface area (Å²) >= 11 is 6.16. The fourth-order valence-electron chi connectivity index (χ4n) is 3.49. The minimum Gasteiger partial charge on any atom is -0.379 e. The van der Waals surface area contributed by atoms with E-state index in [9.17, 15) is 13.2 Å². The monoisotopic (exact) mass is 421 g/mol. The van der Waals surface area contributed by atoms with Gasteiger partial charge in [0.15, 0.2) is 0 Å². The van der Waals surface area contributed by atoms with Gasteiger partial charge in [-0.1, -0.05) is 43.0 Å². The van der Waals surface area contributed by atoms with E-state index in [1.165, 1.54) is 25.5 Å². The lowest BCUT2D eigenvalue weighted by Gasteiger charge is -2.24. The van der Waals surface area contributed by atoms with Gasteiger partial charge < -0.3 is 9.50 Å². The normalized spacial score (nSPS) is 15.2. The van der Waals surface area contributed by atoms with Gasteiger partial charge >= 0.3 is 10.1 Å². The highest BCUT2D eigenvalue weighted by molar-refractivity contribution is 7.87. The minimum absolute atomic E-state index is 0.0728. The quantitative estimate of drug-likeness (QED) is 0.680. The van der Waals surface area contributed by atoms with Gasteiger partial charge in [0.25, 0.3) is 0 Å². The molecule has 5 nitrogen and oxygen atoms in total. The maximum Gasteiger partial charge on any atom is 0.339 e. The fraction of sp³-hybridized carbons (Fsp3) is 0.381. The van der Waals surface area contributed by atoms with E-state index in [0.29, 0.717) is 17.3 Å². The van der Waals surface area contributed by atoms with Crippen molar-refractivity contribution in [3.05, 3.63) is 58.6 Å². The lowest BCUT2D eigenvalue weighted by atomic mass is 9.84. The Morgan fingerprint density at radius 3 is 2.43 bits per heavy atom. The Bertz CT molecular complexity index is 935. The second-order valence-corrected chi connectivity index (χ2v) is 9.09. The molecule has 150 valence electrons. The molecular weight excluding hydrogens is 398 g/mol. The molecular formula is C21H24ClNO4S. The Hall–Kier alpha value is -2.05. The Kier molecular flexibility index (Phi) is 6.62. The Morgan fingerprint density at radius 2 is 1.79 bits per heavy atom. The van der Waals surface area contributed by atoms with Crippen LogP contribution >= 0.6 is 11.6 Å². The number of hydrogen-bond donors (Lipinski definition) is 1. The van der Waals surface area contributed by atoms with E-state index in [-0.39, 0.29) is 16.7 Å². The van der Waals surface area contributed by atoms with Gasteiger partial charge in [-0.05, 0) is 54.7 Å². The third-order valence-corrected chi connectivity index (χ3v) is 6.45. The minimum atomic E-state index is -3.97. The summed E-state index contributed by atoms with van der Waals surface area (Å²) in [5, 5.41) is 3.25. The van der Waals surface area contributed by atoms with Gasteiger partial charge in [0.2, 0.25) is 5.91 Å². The van der Waals surface area contributed by atoms with E-state index < -0.39 is 10.1 Å². The Labute approximate surface area is 171 Å². The molecule has 1 aliphatic carbocycles. The Balaban J connectivity index is 1.81. The topological polar surface area (TPSA) is 72.5 Å². The summed E-state index contributed by atoms with van der Waals surface area (Å²) in [7, 11) is -3.97. The van der Waals surface area contributed by atoms with Crippen LogP contribution in [0.15, 0.2) is 47.4 Å².